The molecule has 0 aliphatic heterocycles. The molecule has 7 nitrogen and oxygen atoms in total. The number of rotatable bonds is 4. The van der Waals surface area contributed by atoms with Gasteiger partial charge in [0, 0.05) is 13.1 Å². The van der Waals surface area contributed by atoms with Crippen LogP contribution in [0.25, 0.3) is 10.3 Å². The van der Waals surface area contributed by atoms with Crippen LogP contribution in [0.4, 0.5) is 5.13 Å². The Balaban J connectivity index is 1.58. The van der Waals surface area contributed by atoms with Crippen LogP contribution in [0.3, 0.4) is 0 Å². The van der Waals surface area contributed by atoms with Crippen LogP contribution in [0.1, 0.15) is 56.2 Å². The van der Waals surface area contributed by atoms with Crippen molar-refractivity contribution in [2.45, 2.75) is 51.6 Å². The SMILES string of the molecule is Cc1nn(C)c2nc(N[C@H](C)c3nncn3C3CCCC3)sc12. The maximum Gasteiger partial charge on any atom is 0.186 e. The molecule has 0 amide bonds. The van der Waals surface area contributed by atoms with Crippen molar-refractivity contribution >= 4 is 26.8 Å². The number of nitrogens with zero attached hydrogens (tertiary/aromatic N) is 6. The summed E-state index contributed by atoms with van der Waals surface area (Å²) in [5.41, 5.74) is 1.95. The molecule has 23 heavy (non-hydrogen) atoms. The van der Waals surface area contributed by atoms with Gasteiger partial charge in [-0.3, -0.25) is 0 Å². The number of anilines is 1. The molecule has 0 bridgehead atoms. The number of hydrogen-bond donors (Lipinski definition) is 1. The second-order valence-electron chi connectivity index (χ2n) is 6.28. The summed E-state index contributed by atoms with van der Waals surface area (Å²) >= 11 is 1.65. The fourth-order valence-corrected chi connectivity index (χ4v) is 4.44. The standard InChI is InChI=1S/C15H21N7S/c1-9-12-14(21(3)20-9)18-15(23-12)17-10(2)13-19-16-8-22(13)11-6-4-5-7-11/h8,10-11H,4-7H2,1-3H3,(H,17,18)/t10-/m1/s1. The van der Waals surface area contributed by atoms with E-state index in [4.69, 9.17) is 0 Å². The van der Waals surface area contributed by atoms with Crippen molar-refractivity contribution in [3.05, 3.63) is 17.8 Å². The minimum atomic E-state index is 0.0759. The zero-order valence-corrected chi connectivity index (χ0v) is 14.5. The van der Waals surface area contributed by atoms with E-state index in [-0.39, 0.29) is 6.04 Å². The van der Waals surface area contributed by atoms with Crippen LogP contribution in [0, 0.1) is 6.92 Å². The monoisotopic (exact) mass is 331 g/mol. The van der Waals surface area contributed by atoms with E-state index in [0.29, 0.717) is 6.04 Å². The molecule has 1 aliphatic carbocycles. The minimum Gasteiger partial charge on any atom is -0.352 e. The van der Waals surface area contributed by atoms with Crippen LogP contribution in [0.2, 0.25) is 0 Å². The molecule has 1 aliphatic rings. The number of aryl methyl sites for hydroxylation is 2. The molecule has 3 heterocycles. The smallest absolute Gasteiger partial charge is 0.186 e. The summed E-state index contributed by atoms with van der Waals surface area (Å²) in [6.45, 7) is 4.14. The Morgan fingerprint density at radius 2 is 2.13 bits per heavy atom. The Bertz CT molecular complexity index is 790. The van der Waals surface area contributed by atoms with E-state index in [1.807, 2.05) is 25.0 Å². The van der Waals surface area contributed by atoms with E-state index >= 15 is 0 Å². The summed E-state index contributed by atoms with van der Waals surface area (Å²) in [4.78, 5) is 4.66. The van der Waals surface area contributed by atoms with Gasteiger partial charge in [0.25, 0.3) is 0 Å². The molecule has 1 saturated carbocycles. The highest BCUT2D eigenvalue weighted by Crippen LogP contribution is 2.33. The molecule has 8 heteroatoms. The van der Waals surface area contributed by atoms with Crippen LogP contribution < -0.4 is 5.32 Å². The van der Waals surface area contributed by atoms with E-state index in [1.54, 1.807) is 11.3 Å². The molecule has 0 saturated heterocycles. The molecule has 0 aromatic carbocycles. The minimum absolute atomic E-state index is 0.0759. The Labute approximate surface area is 138 Å². The lowest BCUT2D eigenvalue weighted by Crippen LogP contribution is -2.16. The molecule has 1 atom stereocenters. The van der Waals surface area contributed by atoms with Gasteiger partial charge in [0.1, 0.15) is 6.33 Å². The first-order valence-corrected chi connectivity index (χ1v) is 8.91. The second-order valence-corrected chi connectivity index (χ2v) is 7.28. The van der Waals surface area contributed by atoms with Crippen LogP contribution in [-0.2, 0) is 7.05 Å². The zero-order valence-electron chi connectivity index (χ0n) is 13.7. The van der Waals surface area contributed by atoms with E-state index in [2.05, 4.69) is 37.1 Å². The Hall–Kier alpha value is -1.96. The average Bonchev–Trinajstić information content (AvgIpc) is 3.26. The van der Waals surface area contributed by atoms with E-state index in [1.165, 1.54) is 25.7 Å². The normalized spacial score (nSPS) is 17.2. The molecule has 1 N–H and O–H groups in total. The molecule has 3 aromatic heterocycles. The Kier molecular flexibility index (Phi) is 3.56. The fraction of sp³-hybridized carbons (Fsp3) is 0.600. The highest BCUT2D eigenvalue weighted by molar-refractivity contribution is 7.22. The summed E-state index contributed by atoms with van der Waals surface area (Å²) in [6, 6.07) is 0.623. The first-order chi connectivity index (χ1) is 11.1. The fourth-order valence-electron chi connectivity index (χ4n) is 3.42. The van der Waals surface area contributed by atoms with Gasteiger partial charge in [-0.05, 0) is 26.7 Å². The summed E-state index contributed by atoms with van der Waals surface area (Å²) in [5.74, 6) is 0.992. The molecule has 0 unspecified atom stereocenters. The zero-order chi connectivity index (χ0) is 16.0. The predicted molar refractivity (Wildman–Crippen MR) is 90.7 cm³/mol. The van der Waals surface area contributed by atoms with Crippen LogP contribution in [0.15, 0.2) is 6.33 Å². The molecule has 0 radical (unpaired) electrons. The van der Waals surface area contributed by atoms with E-state index in [9.17, 15) is 0 Å². The number of fused-ring (bicyclic) bond motifs is 1. The van der Waals surface area contributed by atoms with Crippen molar-refractivity contribution in [1.29, 1.82) is 0 Å². The number of hydrogen-bond acceptors (Lipinski definition) is 6. The third kappa shape index (κ3) is 2.50. The van der Waals surface area contributed by atoms with Crippen molar-refractivity contribution in [2.75, 3.05) is 5.32 Å². The molecular weight excluding hydrogens is 310 g/mol. The lowest BCUT2D eigenvalue weighted by Gasteiger charge is -2.18. The molecule has 1 fully saturated rings. The average molecular weight is 331 g/mol. The molecule has 122 valence electrons. The van der Waals surface area contributed by atoms with Crippen LogP contribution >= 0.6 is 11.3 Å². The van der Waals surface area contributed by atoms with Crippen molar-refractivity contribution < 1.29 is 0 Å². The molecule has 3 aromatic rings. The van der Waals surface area contributed by atoms with E-state index < -0.39 is 0 Å². The van der Waals surface area contributed by atoms with Gasteiger partial charge in [0.05, 0.1) is 16.4 Å². The van der Waals surface area contributed by atoms with Gasteiger partial charge >= 0.3 is 0 Å². The molecular formula is C15H21N7S. The van der Waals surface area contributed by atoms with Crippen LogP contribution in [0.5, 0.6) is 0 Å². The maximum absolute atomic E-state index is 4.66. The van der Waals surface area contributed by atoms with Crippen LogP contribution in [-0.4, -0.2) is 29.5 Å². The topological polar surface area (TPSA) is 73.5 Å². The Morgan fingerprint density at radius 3 is 2.87 bits per heavy atom. The van der Waals surface area contributed by atoms with Gasteiger partial charge in [0.2, 0.25) is 0 Å². The van der Waals surface area contributed by atoms with Gasteiger partial charge in [0.15, 0.2) is 16.6 Å². The third-order valence-corrected chi connectivity index (χ3v) is 5.68. The quantitative estimate of drug-likeness (QED) is 0.794. The van der Waals surface area contributed by atoms with E-state index in [0.717, 1.165) is 27.0 Å². The van der Waals surface area contributed by atoms with Gasteiger partial charge in [-0.15, -0.1) is 10.2 Å². The second kappa shape index (κ2) is 5.59. The maximum atomic E-state index is 4.66. The number of nitrogens with one attached hydrogen (secondary N) is 1. The van der Waals surface area contributed by atoms with Crippen molar-refractivity contribution in [3.63, 3.8) is 0 Å². The van der Waals surface area contributed by atoms with Crippen molar-refractivity contribution in [2.24, 2.45) is 7.05 Å². The summed E-state index contributed by atoms with van der Waals surface area (Å²) in [7, 11) is 1.93. The first kappa shape index (κ1) is 14.6. The first-order valence-electron chi connectivity index (χ1n) is 8.09. The predicted octanol–water partition coefficient (Wildman–Crippen LogP) is 3.22. The van der Waals surface area contributed by atoms with Gasteiger partial charge in [-0.2, -0.15) is 5.10 Å². The lowest BCUT2D eigenvalue weighted by atomic mass is 10.2. The molecule has 4 rings (SSSR count). The highest BCUT2D eigenvalue weighted by Gasteiger charge is 2.23. The largest absolute Gasteiger partial charge is 0.352 e. The molecule has 0 spiro atoms. The van der Waals surface area contributed by atoms with Gasteiger partial charge < -0.3 is 9.88 Å². The van der Waals surface area contributed by atoms with Gasteiger partial charge in [-0.1, -0.05) is 24.2 Å². The number of thiazole rings is 1. The van der Waals surface area contributed by atoms with Crippen molar-refractivity contribution in [3.8, 4) is 0 Å². The highest BCUT2D eigenvalue weighted by atomic mass is 32.1. The summed E-state index contributed by atoms with van der Waals surface area (Å²) < 4.78 is 5.21. The Morgan fingerprint density at radius 1 is 1.35 bits per heavy atom. The van der Waals surface area contributed by atoms with Crippen molar-refractivity contribution in [1.82, 2.24) is 29.5 Å². The van der Waals surface area contributed by atoms with Gasteiger partial charge in [-0.25, -0.2) is 9.67 Å². The summed E-state index contributed by atoms with van der Waals surface area (Å²) in [6.07, 6.45) is 6.92. The number of aromatic nitrogens is 6. The third-order valence-electron chi connectivity index (χ3n) is 4.59. The summed E-state index contributed by atoms with van der Waals surface area (Å²) in [5, 5.41) is 17.3. The lowest BCUT2D eigenvalue weighted by molar-refractivity contribution is 0.488.